The Hall–Kier alpha value is -3.84. The number of aromatic nitrogens is 2. The number of fused-ring (bicyclic) bond motifs is 1. The molecule has 6 rings (SSSR count). The molecule has 1 aromatic heterocycles. The van der Waals surface area contributed by atoms with Gasteiger partial charge in [0.05, 0.1) is 17.1 Å². The standard InChI is InChI=1S/C34H41N5O2/c40-33(35-32(27-13-4-1-5-14-27)28-15-6-2-7-16-28)37-25-19-29(20-26-37)39-31-18-9-8-17-30(31)38(34(39)41)24-12-23-36-21-10-3-11-22-36/h1-2,4-9,13-18,29,32H,3,10-12,19-26H2,(H,35,40). The molecule has 2 aliphatic rings. The topological polar surface area (TPSA) is 62.5 Å². The summed E-state index contributed by atoms with van der Waals surface area (Å²) < 4.78 is 3.98. The number of amides is 2. The van der Waals surface area contributed by atoms with Crippen LogP contribution in [0.4, 0.5) is 4.79 Å². The van der Waals surface area contributed by atoms with Crippen molar-refractivity contribution < 1.29 is 4.79 Å². The highest BCUT2D eigenvalue weighted by Crippen LogP contribution is 2.27. The molecule has 0 saturated carbocycles. The van der Waals surface area contributed by atoms with Gasteiger partial charge in [-0.15, -0.1) is 0 Å². The first kappa shape index (κ1) is 27.3. The van der Waals surface area contributed by atoms with Crippen molar-refractivity contribution in [3.05, 3.63) is 107 Å². The van der Waals surface area contributed by atoms with Gasteiger partial charge >= 0.3 is 11.7 Å². The second kappa shape index (κ2) is 12.8. The zero-order valence-electron chi connectivity index (χ0n) is 23.8. The van der Waals surface area contributed by atoms with Crippen molar-refractivity contribution in [3.63, 3.8) is 0 Å². The van der Waals surface area contributed by atoms with E-state index >= 15 is 0 Å². The van der Waals surface area contributed by atoms with Gasteiger partial charge in [-0.3, -0.25) is 9.13 Å². The molecule has 0 atom stereocenters. The van der Waals surface area contributed by atoms with Crippen molar-refractivity contribution in [2.75, 3.05) is 32.7 Å². The second-order valence-corrected chi connectivity index (χ2v) is 11.5. The molecule has 0 radical (unpaired) electrons. The van der Waals surface area contributed by atoms with E-state index in [2.05, 4.69) is 46.6 Å². The normalized spacial score (nSPS) is 16.9. The first-order valence-electron chi connectivity index (χ1n) is 15.3. The summed E-state index contributed by atoms with van der Waals surface area (Å²) in [6.07, 6.45) is 6.41. The number of piperidine rings is 2. The van der Waals surface area contributed by atoms with E-state index < -0.39 is 0 Å². The van der Waals surface area contributed by atoms with Crippen LogP contribution in [0.2, 0.25) is 0 Å². The number of nitrogens with one attached hydrogen (secondary N) is 1. The van der Waals surface area contributed by atoms with Gasteiger partial charge in [-0.05, 0) is 75.0 Å². The van der Waals surface area contributed by atoms with Gasteiger partial charge in [0.2, 0.25) is 0 Å². The summed E-state index contributed by atoms with van der Waals surface area (Å²) in [5, 5.41) is 3.28. The summed E-state index contributed by atoms with van der Waals surface area (Å²) in [6.45, 7) is 5.39. The molecular formula is C34H41N5O2. The Kier molecular flexibility index (Phi) is 8.52. The lowest BCUT2D eigenvalue weighted by Crippen LogP contribution is -2.46. The second-order valence-electron chi connectivity index (χ2n) is 11.5. The van der Waals surface area contributed by atoms with Crippen LogP contribution in [0.15, 0.2) is 89.7 Å². The van der Waals surface area contributed by atoms with E-state index in [9.17, 15) is 9.59 Å². The van der Waals surface area contributed by atoms with Crippen molar-refractivity contribution in [1.82, 2.24) is 24.3 Å². The SMILES string of the molecule is O=C(NC(c1ccccc1)c1ccccc1)N1CCC(n2c(=O)n(CCCN3CCCCC3)c3ccccc32)CC1. The van der Waals surface area contributed by atoms with Gasteiger partial charge in [-0.25, -0.2) is 9.59 Å². The quantitative estimate of drug-likeness (QED) is 0.300. The van der Waals surface area contributed by atoms with Gasteiger partial charge in [-0.2, -0.15) is 0 Å². The molecule has 41 heavy (non-hydrogen) atoms. The van der Waals surface area contributed by atoms with Gasteiger partial charge in [0.1, 0.15) is 0 Å². The Morgan fingerprint density at radius 3 is 1.95 bits per heavy atom. The minimum Gasteiger partial charge on any atom is -0.327 e. The van der Waals surface area contributed by atoms with Crippen molar-refractivity contribution in [1.29, 1.82) is 0 Å². The van der Waals surface area contributed by atoms with Crippen LogP contribution in [0.25, 0.3) is 11.0 Å². The monoisotopic (exact) mass is 551 g/mol. The molecule has 3 aromatic carbocycles. The maximum absolute atomic E-state index is 13.8. The first-order chi connectivity index (χ1) is 20.2. The number of benzene rings is 3. The number of para-hydroxylation sites is 2. The Morgan fingerprint density at radius 2 is 1.32 bits per heavy atom. The van der Waals surface area contributed by atoms with E-state index in [4.69, 9.17) is 0 Å². The van der Waals surface area contributed by atoms with Crippen LogP contribution in [0.3, 0.4) is 0 Å². The molecule has 2 amide bonds. The molecule has 214 valence electrons. The van der Waals surface area contributed by atoms with Crippen LogP contribution in [-0.2, 0) is 6.54 Å². The summed E-state index contributed by atoms with van der Waals surface area (Å²) in [7, 11) is 0. The molecule has 3 heterocycles. The van der Waals surface area contributed by atoms with Crippen LogP contribution >= 0.6 is 0 Å². The number of urea groups is 1. The maximum Gasteiger partial charge on any atom is 0.329 e. The summed E-state index contributed by atoms with van der Waals surface area (Å²) in [4.78, 5) is 31.7. The van der Waals surface area contributed by atoms with Crippen molar-refractivity contribution >= 4 is 17.1 Å². The van der Waals surface area contributed by atoms with E-state index in [0.29, 0.717) is 13.1 Å². The highest BCUT2D eigenvalue weighted by molar-refractivity contribution is 5.77. The highest BCUT2D eigenvalue weighted by Gasteiger charge is 2.29. The summed E-state index contributed by atoms with van der Waals surface area (Å²) >= 11 is 0. The van der Waals surface area contributed by atoms with Crippen LogP contribution in [0.1, 0.15) is 61.7 Å². The predicted molar refractivity (Wildman–Crippen MR) is 164 cm³/mol. The van der Waals surface area contributed by atoms with Gasteiger partial charge in [0, 0.05) is 25.7 Å². The van der Waals surface area contributed by atoms with Gasteiger partial charge in [0.25, 0.3) is 0 Å². The Morgan fingerprint density at radius 1 is 0.732 bits per heavy atom. The number of carbonyl (C=O) groups is 1. The van der Waals surface area contributed by atoms with Crippen molar-refractivity contribution in [2.24, 2.45) is 0 Å². The summed E-state index contributed by atoms with van der Waals surface area (Å²) in [5.41, 5.74) is 4.22. The molecule has 4 aromatic rings. The number of rotatable bonds is 8. The summed E-state index contributed by atoms with van der Waals surface area (Å²) in [6, 6.07) is 28.2. The third-order valence-electron chi connectivity index (χ3n) is 8.82. The number of imidazole rings is 1. The lowest BCUT2D eigenvalue weighted by atomic mass is 9.99. The lowest BCUT2D eigenvalue weighted by Gasteiger charge is -2.34. The molecule has 2 fully saturated rings. The first-order valence-corrected chi connectivity index (χ1v) is 15.3. The fourth-order valence-corrected chi connectivity index (χ4v) is 6.63. The third kappa shape index (κ3) is 6.10. The minimum absolute atomic E-state index is 0.0614. The average Bonchev–Trinajstić information content (AvgIpc) is 3.32. The Balaban J connectivity index is 1.13. The molecule has 1 N–H and O–H groups in total. The molecule has 0 aliphatic carbocycles. The number of hydrogen-bond acceptors (Lipinski definition) is 3. The van der Waals surface area contributed by atoms with Crippen LogP contribution in [0, 0.1) is 0 Å². The molecule has 7 heteroatoms. The molecule has 2 aliphatic heterocycles. The van der Waals surface area contributed by atoms with Gasteiger partial charge < -0.3 is 15.1 Å². The van der Waals surface area contributed by atoms with Crippen molar-refractivity contribution in [3.8, 4) is 0 Å². The fourth-order valence-electron chi connectivity index (χ4n) is 6.63. The molecule has 0 unspecified atom stereocenters. The Bertz CT molecular complexity index is 1440. The minimum atomic E-state index is -0.215. The molecule has 0 bridgehead atoms. The zero-order chi connectivity index (χ0) is 28.0. The molecular weight excluding hydrogens is 510 g/mol. The van der Waals surface area contributed by atoms with E-state index in [-0.39, 0.29) is 23.8 Å². The number of hydrogen-bond donors (Lipinski definition) is 1. The average molecular weight is 552 g/mol. The van der Waals surface area contributed by atoms with E-state index in [1.165, 1.54) is 32.4 Å². The number of carbonyl (C=O) groups excluding carboxylic acids is 1. The van der Waals surface area contributed by atoms with Gasteiger partial charge in [0.15, 0.2) is 0 Å². The smallest absolute Gasteiger partial charge is 0.327 e. The van der Waals surface area contributed by atoms with E-state index in [1.807, 2.05) is 62.6 Å². The van der Waals surface area contributed by atoms with Crippen LogP contribution < -0.4 is 11.0 Å². The largest absolute Gasteiger partial charge is 0.329 e. The number of likely N-dealkylation sites (tertiary alicyclic amines) is 2. The van der Waals surface area contributed by atoms with Gasteiger partial charge in [-0.1, -0.05) is 79.2 Å². The van der Waals surface area contributed by atoms with Crippen LogP contribution in [0.5, 0.6) is 0 Å². The number of aryl methyl sites for hydroxylation is 1. The van der Waals surface area contributed by atoms with E-state index in [1.54, 1.807) is 0 Å². The lowest BCUT2D eigenvalue weighted by molar-refractivity contribution is 0.169. The molecule has 2 saturated heterocycles. The Labute approximate surface area is 242 Å². The zero-order valence-corrected chi connectivity index (χ0v) is 23.8. The summed E-state index contributed by atoms with van der Waals surface area (Å²) in [5.74, 6) is 0. The highest BCUT2D eigenvalue weighted by atomic mass is 16.2. The predicted octanol–water partition coefficient (Wildman–Crippen LogP) is 5.82. The number of nitrogens with zero attached hydrogens (tertiary/aromatic N) is 4. The fraction of sp³-hybridized carbons (Fsp3) is 0.412. The van der Waals surface area contributed by atoms with Crippen LogP contribution in [-0.4, -0.2) is 57.7 Å². The molecule has 0 spiro atoms. The van der Waals surface area contributed by atoms with E-state index in [0.717, 1.165) is 54.5 Å². The van der Waals surface area contributed by atoms with Crippen molar-refractivity contribution in [2.45, 2.75) is 57.2 Å². The molecule has 7 nitrogen and oxygen atoms in total. The third-order valence-corrected chi connectivity index (χ3v) is 8.82. The maximum atomic E-state index is 13.8.